The van der Waals surface area contributed by atoms with Crippen LogP contribution in [0.25, 0.3) is 0 Å². The molecule has 0 bridgehead atoms. The second kappa shape index (κ2) is 8.07. The van der Waals surface area contributed by atoms with Crippen LogP contribution in [0.2, 0.25) is 0 Å². The Morgan fingerprint density at radius 3 is 2.42 bits per heavy atom. The molecule has 2 rings (SSSR count). The Hall–Kier alpha value is -4.19. The van der Waals surface area contributed by atoms with Crippen LogP contribution < -0.4 is 10.6 Å². The molecule has 0 aliphatic carbocycles. The lowest BCUT2D eigenvalue weighted by molar-refractivity contribution is -0.384. The van der Waals surface area contributed by atoms with Crippen LogP contribution in [0, 0.1) is 21.4 Å². The van der Waals surface area contributed by atoms with Crippen molar-refractivity contribution in [1.82, 2.24) is 0 Å². The molecule has 0 saturated carbocycles. The number of aromatic carboxylic acids is 1. The molecule has 0 saturated heterocycles. The molecule has 0 atom stereocenters. The molecule has 0 radical (unpaired) electrons. The van der Waals surface area contributed by atoms with Crippen molar-refractivity contribution in [2.24, 2.45) is 0 Å². The molecule has 0 aromatic heterocycles. The van der Waals surface area contributed by atoms with Gasteiger partial charge in [0.1, 0.15) is 11.6 Å². The number of carbonyl (C=O) groups is 2. The van der Waals surface area contributed by atoms with Gasteiger partial charge >= 0.3 is 5.97 Å². The second-order valence-electron chi connectivity index (χ2n) is 4.96. The van der Waals surface area contributed by atoms with Crippen LogP contribution >= 0.6 is 0 Å². The Kier molecular flexibility index (Phi) is 5.63. The Morgan fingerprint density at radius 2 is 1.85 bits per heavy atom. The van der Waals surface area contributed by atoms with Crippen molar-refractivity contribution in [3.05, 3.63) is 76.0 Å². The Balaban J connectivity index is 2.09. The molecule has 3 N–H and O–H groups in total. The number of hydrogen-bond acceptors (Lipinski definition) is 6. The van der Waals surface area contributed by atoms with Gasteiger partial charge in [-0.1, -0.05) is 6.07 Å². The highest BCUT2D eigenvalue weighted by atomic mass is 16.6. The van der Waals surface area contributed by atoms with E-state index in [-0.39, 0.29) is 22.5 Å². The summed E-state index contributed by atoms with van der Waals surface area (Å²) in [5, 5.41) is 33.8. The molecular formula is C17H12N4O5. The minimum atomic E-state index is -1.14. The van der Waals surface area contributed by atoms with Gasteiger partial charge in [0.2, 0.25) is 0 Å². The molecule has 2 aromatic rings. The van der Waals surface area contributed by atoms with E-state index in [2.05, 4.69) is 10.6 Å². The molecule has 130 valence electrons. The maximum atomic E-state index is 12.1. The third kappa shape index (κ3) is 4.65. The van der Waals surface area contributed by atoms with Gasteiger partial charge in [-0.25, -0.2) is 4.79 Å². The number of nitriles is 1. The highest BCUT2D eigenvalue weighted by Gasteiger charge is 2.11. The average Bonchev–Trinajstić information content (AvgIpc) is 2.62. The van der Waals surface area contributed by atoms with Crippen molar-refractivity contribution in [1.29, 1.82) is 5.26 Å². The van der Waals surface area contributed by atoms with Gasteiger partial charge < -0.3 is 15.7 Å². The summed E-state index contributed by atoms with van der Waals surface area (Å²) in [7, 11) is 0. The third-order valence-electron chi connectivity index (χ3n) is 3.19. The third-order valence-corrected chi connectivity index (χ3v) is 3.19. The van der Waals surface area contributed by atoms with Crippen LogP contribution in [-0.2, 0) is 4.79 Å². The molecule has 2 aromatic carbocycles. The summed E-state index contributed by atoms with van der Waals surface area (Å²) in [5.41, 5.74) is 0.324. The number of carboxylic acid groups (broad SMARTS) is 1. The molecule has 0 fully saturated rings. The van der Waals surface area contributed by atoms with Gasteiger partial charge in [0.15, 0.2) is 0 Å². The van der Waals surface area contributed by atoms with Gasteiger partial charge in [-0.3, -0.25) is 14.9 Å². The zero-order chi connectivity index (χ0) is 19.1. The second-order valence-corrected chi connectivity index (χ2v) is 4.96. The first-order valence-electron chi connectivity index (χ1n) is 7.16. The number of nitro benzene ring substituents is 1. The van der Waals surface area contributed by atoms with Crippen molar-refractivity contribution in [2.45, 2.75) is 0 Å². The van der Waals surface area contributed by atoms with E-state index in [0.717, 1.165) is 6.20 Å². The number of non-ortho nitro benzene ring substituents is 1. The fourth-order valence-corrected chi connectivity index (χ4v) is 1.91. The van der Waals surface area contributed by atoms with E-state index in [1.807, 2.05) is 0 Å². The molecule has 0 aliphatic rings. The molecule has 9 nitrogen and oxygen atoms in total. The molecule has 1 amide bonds. The van der Waals surface area contributed by atoms with Crippen LogP contribution in [0.5, 0.6) is 0 Å². The van der Waals surface area contributed by atoms with E-state index in [0.29, 0.717) is 5.69 Å². The van der Waals surface area contributed by atoms with Gasteiger partial charge in [-0.2, -0.15) is 5.26 Å². The maximum Gasteiger partial charge on any atom is 0.335 e. The maximum absolute atomic E-state index is 12.1. The van der Waals surface area contributed by atoms with Crippen molar-refractivity contribution < 1.29 is 19.6 Å². The smallest absolute Gasteiger partial charge is 0.335 e. The lowest BCUT2D eigenvalue weighted by Crippen LogP contribution is -2.15. The Bertz CT molecular complexity index is 929. The number of nitrogens with zero attached hydrogens (tertiary/aromatic N) is 2. The molecule has 0 spiro atoms. The monoisotopic (exact) mass is 352 g/mol. The lowest BCUT2D eigenvalue weighted by Gasteiger charge is -2.06. The normalized spacial score (nSPS) is 10.5. The van der Waals surface area contributed by atoms with E-state index in [4.69, 9.17) is 10.4 Å². The van der Waals surface area contributed by atoms with Crippen molar-refractivity contribution >= 4 is 28.9 Å². The standard InChI is InChI=1S/C17H12N4O5/c18-9-12(10-19-13-4-6-15(7-5-13)21(25)26)16(22)20-14-3-1-2-11(8-14)17(23)24/h1-8,10,19H,(H,20,22)(H,23,24)/b12-10-. The highest BCUT2D eigenvalue weighted by molar-refractivity contribution is 6.07. The minimum absolute atomic E-state index is 0.00529. The van der Waals surface area contributed by atoms with Crippen molar-refractivity contribution in [3.63, 3.8) is 0 Å². The zero-order valence-corrected chi connectivity index (χ0v) is 13.2. The van der Waals surface area contributed by atoms with Gasteiger partial charge in [-0.05, 0) is 30.3 Å². The van der Waals surface area contributed by atoms with Crippen LogP contribution in [0.15, 0.2) is 60.3 Å². The summed E-state index contributed by atoms with van der Waals surface area (Å²) in [4.78, 5) is 33.1. The molecular weight excluding hydrogens is 340 g/mol. The molecule has 0 unspecified atom stereocenters. The average molecular weight is 352 g/mol. The van der Waals surface area contributed by atoms with Gasteiger partial charge in [-0.15, -0.1) is 0 Å². The topological polar surface area (TPSA) is 145 Å². The van der Waals surface area contributed by atoms with E-state index in [1.54, 1.807) is 6.07 Å². The van der Waals surface area contributed by atoms with E-state index >= 15 is 0 Å². The first-order valence-corrected chi connectivity index (χ1v) is 7.16. The fourth-order valence-electron chi connectivity index (χ4n) is 1.91. The summed E-state index contributed by atoms with van der Waals surface area (Å²) in [6.45, 7) is 0. The predicted molar refractivity (Wildman–Crippen MR) is 92.4 cm³/mol. The van der Waals surface area contributed by atoms with E-state index < -0.39 is 16.8 Å². The number of nitro groups is 1. The number of amides is 1. The van der Waals surface area contributed by atoms with E-state index in [9.17, 15) is 19.7 Å². The number of benzene rings is 2. The molecule has 0 heterocycles. The number of carbonyl (C=O) groups excluding carboxylic acids is 1. The molecule has 9 heteroatoms. The van der Waals surface area contributed by atoms with Crippen molar-refractivity contribution in [2.75, 3.05) is 10.6 Å². The van der Waals surface area contributed by atoms with Crippen molar-refractivity contribution in [3.8, 4) is 6.07 Å². The Morgan fingerprint density at radius 1 is 1.15 bits per heavy atom. The summed E-state index contributed by atoms with van der Waals surface area (Å²) < 4.78 is 0. The summed E-state index contributed by atoms with van der Waals surface area (Å²) in [6, 6.07) is 12.7. The van der Waals surface area contributed by atoms with Crippen LogP contribution in [-0.4, -0.2) is 21.9 Å². The molecule has 0 aliphatic heterocycles. The van der Waals surface area contributed by atoms with Gasteiger partial charge in [0.25, 0.3) is 11.6 Å². The number of anilines is 2. The van der Waals surface area contributed by atoms with Crippen LogP contribution in [0.4, 0.5) is 17.1 Å². The first-order chi connectivity index (χ1) is 12.4. The quantitative estimate of drug-likeness (QED) is 0.313. The largest absolute Gasteiger partial charge is 0.478 e. The summed E-state index contributed by atoms with van der Waals surface area (Å²) >= 11 is 0. The minimum Gasteiger partial charge on any atom is -0.478 e. The number of carboxylic acids is 1. The lowest BCUT2D eigenvalue weighted by atomic mass is 10.2. The summed E-state index contributed by atoms with van der Waals surface area (Å²) in [5.74, 6) is -1.87. The highest BCUT2D eigenvalue weighted by Crippen LogP contribution is 2.16. The van der Waals surface area contributed by atoms with E-state index in [1.165, 1.54) is 48.5 Å². The first kappa shape index (κ1) is 18.2. The summed E-state index contributed by atoms with van der Waals surface area (Å²) in [6.07, 6.45) is 1.15. The van der Waals surface area contributed by atoms with Gasteiger partial charge in [0, 0.05) is 29.7 Å². The number of nitrogens with one attached hydrogen (secondary N) is 2. The van der Waals surface area contributed by atoms with Crippen LogP contribution in [0.1, 0.15) is 10.4 Å². The van der Waals surface area contributed by atoms with Gasteiger partial charge in [0.05, 0.1) is 10.5 Å². The van der Waals surface area contributed by atoms with Crippen LogP contribution in [0.3, 0.4) is 0 Å². The number of hydrogen-bond donors (Lipinski definition) is 3. The zero-order valence-electron chi connectivity index (χ0n) is 13.2. The fraction of sp³-hybridized carbons (Fsp3) is 0. The molecule has 26 heavy (non-hydrogen) atoms. The Labute approximate surface area is 147 Å². The SMILES string of the molecule is N#C/C(=C/Nc1ccc([N+](=O)[O-])cc1)C(=O)Nc1cccc(C(=O)O)c1. The number of rotatable bonds is 6. The predicted octanol–water partition coefficient (Wildman–Crippen LogP) is 2.75.